The molecular formula is C18H15F3N2O2. The number of rotatable bonds is 4. The van der Waals surface area contributed by atoms with Gasteiger partial charge in [0.2, 0.25) is 0 Å². The van der Waals surface area contributed by atoms with Crippen molar-refractivity contribution < 1.29 is 22.6 Å². The second-order valence-corrected chi connectivity index (χ2v) is 5.24. The SMILES string of the molecule is COc1ccc(-c2nc(C(F)(F)F)cn2-c2ccc(OC)cc2)cc1. The molecule has 7 heteroatoms. The van der Waals surface area contributed by atoms with E-state index < -0.39 is 11.9 Å². The number of nitrogens with zero attached hydrogens (tertiary/aromatic N) is 2. The van der Waals surface area contributed by atoms with Crippen molar-refractivity contribution in [2.75, 3.05) is 14.2 Å². The minimum absolute atomic E-state index is 0.195. The van der Waals surface area contributed by atoms with E-state index in [1.807, 2.05) is 0 Å². The summed E-state index contributed by atoms with van der Waals surface area (Å²) in [4.78, 5) is 3.79. The van der Waals surface area contributed by atoms with Crippen LogP contribution in [0.15, 0.2) is 54.7 Å². The molecule has 25 heavy (non-hydrogen) atoms. The van der Waals surface area contributed by atoms with Gasteiger partial charge in [-0.15, -0.1) is 0 Å². The first kappa shape index (κ1) is 16.9. The number of ether oxygens (including phenoxy) is 2. The summed E-state index contributed by atoms with van der Waals surface area (Å²) in [5.41, 5.74) is 0.149. The lowest BCUT2D eigenvalue weighted by atomic mass is 10.2. The average Bonchev–Trinajstić information content (AvgIpc) is 3.07. The topological polar surface area (TPSA) is 36.3 Å². The number of hydrogen-bond donors (Lipinski definition) is 0. The highest BCUT2D eigenvalue weighted by Crippen LogP contribution is 2.33. The third-order valence-corrected chi connectivity index (χ3v) is 3.70. The van der Waals surface area contributed by atoms with Crippen LogP contribution in [0.2, 0.25) is 0 Å². The number of halogens is 3. The third-order valence-electron chi connectivity index (χ3n) is 3.70. The molecule has 2 aromatic carbocycles. The van der Waals surface area contributed by atoms with Gasteiger partial charge in [-0.2, -0.15) is 13.2 Å². The number of imidazole rings is 1. The molecule has 3 aromatic rings. The van der Waals surface area contributed by atoms with Crippen LogP contribution < -0.4 is 9.47 Å². The van der Waals surface area contributed by atoms with Crippen LogP contribution >= 0.6 is 0 Å². The van der Waals surface area contributed by atoms with E-state index in [2.05, 4.69) is 4.98 Å². The van der Waals surface area contributed by atoms with Gasteiger partial charge in [-0.05, 0) is 48.5 Å². The van der Waals surface area contributed by atoms with E-state index in [0.717, 1.165) is 6.20 Å². The van der Waals surface area contributed by atoms with Crippen molar-refractivity contribution in [3.8, 4) is 28.6 Å². The fourth-order valence-corrected chi connectivity index (χ4v) is 2.40. The maximum Gasteiger partial charge on any atom is 0.434 e. The van der Waals surface area contributed by atoms with E-state index in [-0.39, 0.29) is 5.82 Å². The Labute approximate surface area is 142 Å². The molecule has 3 rings (SSSR count). The third kappa shape index (κ3) is 3.45. The fourth-order valence-electron chi connectivity index (χ4n) is 2.40. The van der Waals surface area contributed by atoms with Gasteiger partial charge >= 0.3 is 6.18 Å². The first-order valence-corrected chi connectivity index (χ1v) is 7.38. The van der Waals surface area contributed by atoms with Crippen molar-refractivity contribution >= 4 is 0 Å². The second-order valence-electron chi connectivity index (χ2n) is 5.24. The monoisotopic (exact) mass is 348 g/mol. The quantitative estimate of drug-likeness (QED) is 0.693. The summed E-state index contributed by atoms with van der Waals surface area (Å²) in [5, 5.41) is 0. The molecule has 0 N–H and O–H groups in total. The highest BCUT2D eigenvalue weighted by atomic mass is 19.4. The Morgan fingerprint density at radius 2 is 1.36 bits per heavy atom. The molecule has 4 nitrogen and oxygen atoms in total. The molecule has 1 aromatic heterocycles. The molecule has 0 spiro atoms. The van der Waals surface area contributed by atoms with E-state index in [9.17, 15) is 13.2 Å². The summed E-state index contributed by atoms with van der Waals surface area (Å²) in [6, 6.07) is 13.4. The van der Waals surface area contributed by atoms with Gasteiger partial charge < -0.3 is 9.47 Å². The maximum absolute atomic E-state index is 13.1. The van der Waals surface area contributed by atoms with Crippen LogP contribution in [0.1, 0.15) is 5.69 Å². The second kappa shape index (κ2) is 6.51. The molecule has 0 amide bonds. The summed E-state index contributed by atoms with van der Waals surface area (Å²) < 4.78 is 51.0. The van der Waals surface area contributed by atoms with Crippen molar-refractivity contribution in [3.63, 3.8) is 0 Å². The molecule has 0 aliphatic rings. The molecule has 0 radical (unpaired) electrons. The standard InChI is InChI=1S/C18H15F3N2O2/c1-24-14-7-3-12(4-8-14)17-22-16(18(19,20)21)11-23(17)13-5-9-15(25-2)10-6-13/h3-11H,1-2H3. The largest absolute Gasteiger partial charge is 0.497 e. The van der Waals surface area contributed by atoms with Crippen LogP contribution in [-0.4, -0.2) is 23.8 Å². The summed E-state index contributed by atoms with van der Waals surface area (Å²) in [7, 11) is 3.05. The van der Waals surface area contributed by atoms with Crippen molar-refractivity contribution in [2.45, 2.75) is 6.18 Å². The highest BCUT2D eigenvalue weighted by molar-refractivity contribution is 5.60. The minimum atomic E-state index is -4.53. The van der Waals surface area contributed by atoms with Gasteiger partial charge in [-0.1, -0.05) is 0 Å². The predicted octanol–water partition coefficient (Wildman–Crippen LogP) is 4.58. The van der Waals surface area contributed by atoms with E-state index >= 15 is 0 Å². The van der Waals surface area contributed by atoms with Crippen LogP contribution in [-0.2, 0) is 6.18 Å². The highest BCUT2D eigenvalue weighted by Gasteiger charge is 2.35. The Balaban J connectivity index is 2.12. The van der Waals surface area contributed by atoms with Crippen LogP contribution in [0.25, 0.3) is 17.1 Å². The average molecular weight is 348 g/mol. The van der Waals surface area contributed by atoms with Gasteiger partial charge in [0.05, 0.1) is 14.2 Å². The summed E-state index contributed by atoms with van der Waals surface area (Å²) in [5.74, 6) is 1.42. The zero-order valence-electron chi connectivity index (χ0n) is 13.5. The van der Waals surface area contributed by atoms with Gasteiger partial charge in [0, 0.05) is 17.4 Å². The summed E-state index contributed by atoms with van der Waals surface area (Å²) >= 11 is 0. The molecular weight excluding hydrogens is 333 g/mol. The lowest BCUT2D eigenvalue weighted by molar-refractivity contribution is -0.140. The lowest BCUT2D eigenvalue weighted by Crippen LogP contribution is -2.05. The zero-order chi connectivity index (χ0) is 18.0. The molecule has 0 unspecified atom stereocenters. The van der Waals surface area contributed by atoms with Crippen molar-refractivity contribution in [1.82, 2.24) is 9.55 Å². The van der Waals surface area contributed by atoms with Crippen LogP contribution in [0, 0.1) is 0 Å². The Morgan fingerprint density at radius 1 is 0.840 bits per heavy atom. The Morgan fingerprint density at radius 3 is 1.84 bits per heavy atom. The van der Waals surface area contributed by atoms with Crippen molar-refractivity contribution in [2.24, 2.45) is 0 Å². The fraction of sp³-hybridized carbons (Fsp3) is 0.167. The van der Waals surface area contributed by atoms with Gasteiger partial charge in [0.1, 0.15) is 17.3 Å². The predicted molar refractivity (Wildman–Crippen MR) is 87.1 cm³/mol. The molecule has 0 bridgehead atoms. The Kier molecular flexibility index (Phi) is 4.39. The van der Waals surface area contributed by atoms with Crippen molar-refractivity contribution in [3.05, 3.63) is 60.4 Å². The minimum Gasteiger partial charge on any atom is -0.497 e. The molecule has 0 aliphatic heterocycles. The number of benzene rings is 2. The van der Waals surface area contributed by atoms with E-state index in [1.165, 1.54) is 18.8 Å². The number of methoxy groups -OCH3 is 2. The first-order valence-electron chi connectivity index (χ1n) is 7.38. The summed E-state index contributed by atoms with van der Waals surface area (Å²) in [6.07, 6.45) is -3.54. The smallest absolute Gasteiger partial charge is 0.434 e. The van der Waals surface area contributed by atoms with Gasteiger partial charge in [-0.25, -0.2) is 4.98 Å². The zero-order valence-corrected chi connectivity index (χ0v) is 13.5. The first-order chi connectivity index (χ1) is 11.9. The van der Waals surface area contributed by atoms with Crippen molar-refractivity contribution in [1.29, 1.82) is 0 Å². The normalized spacial score (nSPS) is 11.4. The Hall–Kier alpha value is -2.96. The summed E-state index contributed by atoms with van der Waals surface area (Å²) in [6.45, 7) is 0. The molecule has 0 saturated heterocycles. The maximum atomic E-state index is 13.1. The van der Waals surface area contributed by atoms with Gasteiger partial charge in [0.15, 0.2) is 5.69 Å². The number of aromatic nitrogens is 2. The van der Waals surface area contributed by atoms with Gasteiger partial charge in [0.25, 0.3) is 0 Å². The van der Waals surface area contributed by atoms with E-state index in [1.54, 1.807) is 48.5 Å². The van der Waals surface area contributed by atoms with Crippen LogP contribution in [0.4, 0.5) is 13.2 Å². The molecule has 0 aliphatic carbocycles. The number of alkyl halides is 3. The molecule has 0 saturated carbocycles. The molecule has 0 atom stereocenters. The van der Waals surface area contributed by atoms with E-state index in [0.29, 0.717) is 22.7 Å². The molecule has 130 valence electrons. The van der Waals surface area contributed by atoms with Crippen LogP contribution in [0.3, 0.4) is 0 Å². The van der Waals surface area contributed by atoms with Gasteiger partial charge in [-0.3, -0.25) is 4.57 Å². The molecule has 1 heterocycles. The van der Waals surface area contributed by atoms with E-state index in [4.69, 9.17) is 9.47 Å². The Bertz CT molecular complexity index is 789. The van der Waals surface area contributed by atoms with Crippen LogP contribution in [0.5, 0.6) is 11.5 Å². The number of hydrogen-bond acceptors (Lipinski definition) is 3. The molecule has 0 fully saturated rings. The lowest BCUT2D eigenvalue weighted by Gasteiger charge is -2.09.